The summed E-state index contributed by atoms with van der Waals surface area (Å²) in [5, 5.41) is 10.1. The zero-order valence-electron chi connectivity index (χ0n) is 20.5. The zero-order chi connectivity index (χ0) is 23.6. The van der Waals surface area contributed by atoms with Crippen molar-refractivity contribution in [3.8, 4) is 11.5 Å². The molecule has 0 atom stereocenters. The summed E-state index contributed by atoms with van der Waals surface area (Å²) in [5.41, 5.74) is 4.13. The highest BCUT2D eigenvalue weighted by Gasteiger charge is 2.27. The summed E-state index contributed by atoms with van der Waals surface area (Å²) < 4.78 is 5.73. The summed E-state index contributed by atoms with van der Waals surface area (Å²) in [5.74, 6) is 0.788. The number of ether oxygens (including phenoxy) is 1. The molecular weight excluding hydrogens is 386 g/mol. The number of rotatable bonds is 6. The lowest BCUT2D eigenvalue weighted by molar-refractivity contribution is 0.104. The molecule has 0 saturated heterocycles. The maximum Gasteiger partial charge on any atom is 0.189 e. The molecule has 168 valence electrons. The average Bonchev–Trinajstić information content (AvgIpc) is 2.65. The molecule has 0 saturated carbocycles. The van der Waals surface area contributed by atoms with E-state index in [2.05, 4.69) is 47.6 Å². The molecule has 1 N–H and O–H groups in total. The minimum atomic E-state index is -0.163. The van der Waals surface area contributed by atoms with Gasteiger partial charge in [0.15, 0.2) is 5.78 Å². The van der Waals surface area contributed by atoms with Gasteiger partial charge >= 0.3 is 0 Å². The molecule has 0 heterocycles. The molecule has 0 fully saturated rings. The Morgan fingerprint density at radius 1 is 1.03 bits per heavy atom. The number of hydrogen-bond donors (Lipinski definition) is 1. The quantitative estimate of drug-likeness (QED) is 0.460. The molecule has 2 aromatic rings. The van der Waals surface area contributed by atoms with Crippen LogP contribution >= 0.6 is 0 Å². The van der Waals surface area contributed by atoms with E-state index in [0.29, 0.717) is 17.9 Å². The van der Waals surface area contributed by atoms with E-state index >= 15 is 0 Å². The Morgan fingerprint density at radius 2 is 1.68 bits per heavy atom. The summed E-state index contributed by atoms with van der Waals surface area (Å²) >= 11 is 0. The minimum Gasteiger partial charge on any atom is -0.508 e. The number of hydrogen-bond acceptors (Lipinski definition) is 4. The Labute approximate surface area is 187 Å². The first-order chi connectivity index (χ1) is 14.2. The summed E-state index contributed by atoms with van der Waals surface area (Å²) in [6.45, 7) is 13.5. The van der Waals surface area contributed by atoms with Crippen LogP contribution in [0, 0.1) is 0 Å². The Bertz CT molecular complexity index is 973. The number of ketones is 1. The number of nitrogens with zero attached hydrogens (tertiary/aromatic N) is 1. The normalized spacial score (nSPS) is 12.6. The van der Waals surface area contributed by atoms with E-state index < -0.39 is 0 Å². The fourth-order valence-electron chi connectivity index (χ4n) is 3.46. The second-order valence-electron chi connectivity index (χ2n) is 10.4. The second-order valence-corrected chi connectivity index (χ2v) is 10.4. The SMILES string of the molecule is COc1c(C(=O)C=Cc2ccc(O)c(CN(C)C)c2)cc(C(C)(C)C)cc1C(C)(C)C. The summed E-state index contributed by atoms with van der Waals surface area (Å²) in [7, 11) is 5.52. The summed E-state index contributed by atoms with van der Waals surface area (Å²) in [4.78, 5) is 15.3. The van der Waals surface area contributed by atoms with E-state index in [4.69, 9.17) is 4.74 Å². The van der Waals surface area contributed by atoms with Crippen molar-refractivity contribution in [1.29, 1.82) is 0 Å². The first-order valence-corrected chi connectivity index (χ1v) is 10.7. The molecule has 2 rings (SSSR count). The number of aromatic hydroxyl groups is 1. The topological polar surface area (TPSA) is 49.8 Å². The standard InChI is InChI=1S/C27H37NO3/c1-26(2,3)20-15-21(25(31-9)22(16-20)27(4,5)6)24(30)13-11-18-10-12-23(29)19(14-18)17-28(7)8/h10-16,29H,17H2,1-9H3. The van der Waals surface area contributed by atoms with Gasteiger partial charge in [-0.25, -0.2) is 0 Å². The smallest absolute Gasteiger partial charge is 0.189 e. The van der Waals surface area contributed by atoms with Crippen molar-refractivity contribution >= 4 is 11.9 Å². The van der Waals surface area contributed by atoms with Crippen molar-refractivity contribution in [3.05, 3.63) is 64.2 Å². The molecule has 0 amide bonds. The molecule has 4 nitrogen and oxygen atoms in total. The first-order valence-electron chi connectivity index (χ1n) is 10.7. The molecule has 0 aromatic heterocycles. The largest absolute Gasteiger partial charge is 0.508 e. The lowest BCUT2D eigenvalue weighted by atomic mass is 9.78. The monoisotopic (exact) mass is 423 g/mol. The van der Waals surface area contributed by atoms with E-state index in [9.17, 15) is 9.90 Å². The third-order valence-corrected chi connectivity index (χ3v) is 5.25. The Kier molecular flexibility index (Phi) is 7.38. The second kappa shape index (κ2) is 9.27. The number of benzene rings is 2. The molecule has 4 heteroatoms. The molecule has 0 radical (unpaired) electrons. The van der Waals surface area contributed by atoms with Crippen molar-refractivity contribution in [2.24, 2.45) is 0 Å². The Balaban J connectivity index is 2.52. The van der Waals surface area contributed by atoms with E-state index in [1.807, 2.05) is 37.2 Å². The van der Waals surface area contributed by atoms with Crippen LogP contribution in [0.3, 0.4) is 0 Å². The first kappa shape index (κ1) is 24.7. The van der Waals surface area contributed by atoms with Crippen LogP contribution in [0.5, 0.6) is 11.5 Å². The van der Waals surface area contributed by atoms with Crippen LogP contribution in [0.15, 0.2) is 36.4 Å². The van der Waals surface area contributed by atoms with Gasteiger partial charge in [0.05, 0.1) is 12.7 Å². The van der Waals surface area contributed by atoms with Crippen LogP contribution in [0.1, 0.15) is 74.2 Å². The highest BCUT2D eigenvalue weighted by atomic mass is 16.5. The lowest BCUT2D eigenvalue weighted by Gasteiger charge is -2.28. The van der Waals surface area contributed by atoms with Crippen molar-refractivity contribution in [2.75, 3.05) is 21.2 Å². The van der Waals surface area contributed by atoms with Gasteiger partial charge in [-0.15, -0.1) is 0 Å². The summed E-state index contributed by atoms with van der Waals surface area (Å²) in [6, 6.07) is 9.49. The summed E-state index contributed by atoms with van der Waals surface area (Å²) in [6.07, 6.45) is 3.38. The van der Waals surface area contributed by atoms with Gasteiger partial charge in [-0.2, -0.15) is 0 Å². The average molecular weight is 424 g/mol. The fourth-order valence-corrected chi connectivity index (χ4v) is 3.46. The van der Waals surface area contributed by atoms with Gasteiger partial charge in [0.2, 0.25) is 0 Å². The number of carbonyl (C=O) groups excluding carboxylic acids is 1. The van der Waals surface area contributed by atoms with Gasteiger partial charge in [0, 0.05) is 17.7 Å². The van der Waals surface area contributed by atoms with Crippen molar-refractivity contribution in [2.45, 2.75) is 58.9 Å². The van der Waals surface area contributed by atoms with Crippen LogP contribution in [0.4, 0.5) is 0 Å². The van der Waals surface area contributed by atoms with Gasteiger partial charge in [-0.05, 0) is 60.3 Å². The highest BCUT2D eigenvalue weighted by molar-refractivity contribution is 6.09. The molecule has 0 aliphatic heterocycles. The van der Waals surface area contributed by atoms with E-state index in [-0.39, 0.29) is 22.4 Å². The fraction of sp³-hybridized carbons (Fsp3) is 0.444. The molecular formula is C27H37NO3. The lowest BCUT2D eigenvalue weighted by Crippen LogP contribution is -2.19. The van der Waals surface area contributed by atoms with Crippen molar-refractivity contribution in [3.63, 3.8) is 0 Å². The molecule has 2 aromatic carbocycles. The predicted molar refractivity (Wildman–Crippen MR) is 129 cm³/mol. The maximum absolute atomic E-state index is 13.3. The third kappa shape index (κ3) is 6.20. The number of allylic oxidation sites excluding steroid dienone is 1. The third-order valence-electron chi connectivity index (χ3n) is 5.25. The van der Waals surface area contributed by atoms with Crippen LogP contribution in [0.25, 0.3) is 6.08 Å². The van der Waals surface area contributed by atoms with E-state index in [1.54, 1.807) is 25.3 Å². The van der Waals surface area contributed by atoms with Gasteiger partial charge < -0.3 is 14.7 Å². The maximum atomic E-state index is 13.3. The van der Waals surface area contributed by atoms with Crippen LogP contribution < -0.4 is 4.74 Å². The molecule has 0 aliphatic carbocycles. The molecule has 31 heavy (non-hydrogen) atoms. The van der Waals surface area contributed by atoms with E-state index in [0.717, 1.165) is 22.3 Å². The van der Waals surface area contributed by atoms with Crippen molar-refractivity contribution in [1.82, 2.24) is 4.90 Å². The van der Waals surface area contributed by atoms with Crippen LogP contribution in [-0.2, 0) is 17.4 Å². The highest BCUT2D eigenvalue weighted by Crippen LogP contribution is 2.38. The van der Waals surface area contributed by atoms with Gasteiger partial charge in [-0.3, -0.25) is 4.79 Å². The van der Waals surface area contributed by atoms with E-state index in [1.165, 1.54) is 0 Å². The van der Waals surface area contributed by atoms with Crippen molar-refractivity contribution < 1.29 is 14.6 Å². The van der Waals surface area contributed by atoms with Crippen LogP contribution in [0.2, 0.25) is 0 Å². The zero-order valence-corrected chi connectivity index (χ0v) is 20.5. The molecule has 0 aliphatic rings. The van der Waals surface area contributed by atoms with Gasteiger partial charge in [0.1, 0.15) is 11.5 Å². The molecule has 0 bridgehead atoms. The Morgan fingerprint density at radius 3 is 2.19 bits per heavy atom. The van der Waals surface area contributed by atoms with Gasteiger partial charge in [0.25, 0.3) is 0 Å². The minimum absolute atomic E-state index is 0.0942. The number of phenolic OH excluding ortho intramolecular Hbond substituents is 1. The number of carbonyl (C=O) groups is 1. The van der Waals surface area contributed by atoms with Crippen LogP contribution in [-0.4, -0.2) is 37.0 Å². The number of phenols is 1. The molecule has 0 spiro atoms. The number of methoxy groups -OCH3 is 1. The predicted octanol–water partition coefficient (Wildman–Crippen LogP) is 5.95. The molecule has 0 unspecified atom stereocenters. The Hall–Kier alpha value is -2.59. The van der Waals surface area contributed by atoms with Gasteiger partial charge in [-0.1, -0.05) is 59.8 Å².